The fourth-order valence-corrected chi connectivity index (χ4v) is 5.06. The summed E-state index contributed by atoms with van der Waals surface area (Å²) in [6, 6.07) is 13.5. The second-order valence-corrected chi connectivity index (χ2v) is 9.39. The first-order valence-electron chi connectivity index (χ1n) is 8.84. The van der Waals surface area contributed by atoms with E-state index in [1.54, 1.807) is 22.8 Å². The number of aromatic nitrogens is 3. The lowest BCUT2D eigenvalue weighted by molar-refractivity contribution is 0.535. The first-order valence-corrected chi connectivity index (χ1v) is 10.7. The number of benzene rings is 2. The van der Waals surface area contributed by atoms with Crippen molar-refractivity contribution in [2.45, 2.75) is 30.2 Å². The molecule has 2 heterocycles. The third kappa shape index (κ3) is 3.00. The Balaban J connectivity index is 2.10. The highest BCUT2D eigenvalue weighted by Crippen LogP contribution is 2.36. The van der Waals surface area contributed by atoms with Gasteiger partial charge < -0.3 is 10.3 Å². The van der Waals surface area contributed by atoms with Crippen LogP contribution >= 0.6 is 11.6 Å². The molecule has 144 valence electrons. The highest BCUT2D eigenvalue weighted by Gasteiger charge is 2.30. The predicted octanol–water partition coefficient (Wildman–Crippen LogP) is 4.31. The molecule has 0 aliphatic carbocycles. The van der Waals surface area contributed by atoms with Crippen molar-refractivity contribution in [3.05, 3.63) is 53.6 Å². The molecule has 0 radical (unpaired) electrons. The monoisotopic (exact) mass is 414 g/mol. The molecular formula is C20H19ClN4O2S. The average Bonchev–Trinajstić information content (AvgIpc) is 2.91. The van der Waals surface area contributed by atoms with Gasteiger partial charge in [-0.15, -0.1) is 0 Å². The van der Waals surface area contributed by atoms with Gasteiger partial charge in [0.05, 0.1) is 15.9 Å². The molecule has 0 bridgehead atoms. The van der Waals surface area contributed by atoms with Gasteiger partial charge >= 0.3 is 0 Å². The van der Waals surface area contributed by atoms with Crippen LogP contribution in [0.3, 0.4) is 0 Å². The number of halogens is 1. The summed E-state index contributed by atoms with van der Waals surface area (Å²) in [6.45, 7) is 4.59. The Morgan fingerprint density at radius 1 is 1.07 bits per heavy atom. The van der Waals surface area contributed by atoms with Crippen LogP contribution in [0.5, 0.6) is 0 Å². The van der Waals surface area contributed by atoms with Crippen LogP contribution in [0.1, 0.15) is 13.8 Å². The zero-order valence-electron chi connectivity index (χ0n) is 15.4. The summed E-state index contributed by atoms with van der Waals surface area (Å²) >= 11 is 6.02. The summed E-state index contributed by atoms with van der Waals surface area (Å²) in [4.78, 5) is 9.32. The van der Waals surface area contributed by atoms with Gasteiger partial charge in [-0.25, -0.2) is 18.4 Å². The topological polar surface area (TPSA) is 90.9 Å². The predicted molar refractivity (Wildman–Crippen MR) is 111 cm³/mol. The molecule has 4 aromatic rings. The van der Waals surface area contributed by atoms with Crippen molar-refractivity contribution in [1.82, 2.24) is 14.5 Å². The maximum absolute atomic E-state index is 13.4. The SMILES string of the molecule is CC(C)Cn1c(N)c(S(=O)(=O)c2cccc(Cl)c2)c2nc3ccccc3nc21. The minimum atomic E-state index is -3.94. The van der Waals surface area contributed by atoms with Crippen LogP contribution in [0.2, 0.25) is 5.02 Å². The van der Waals surface area contributed by atoms with Crippen molar-refractivity contribution in [1.29, 1.82) is 0 Å². The molecule has 0 spiro atoms. The molecule has 0 aliphatic heterocycles. The lowest BCUT2D eigenvalue weighted by Gasteiger charge is -2.10. The Labute approximate surface area is 167 Å². The Morgan fingerprint density at radius 3 is 2.39 bits per heavy atom. The van der Waals surface area contributed by atoms with E-state index >= 15 is 0 Å². The van der Waals surface area contributed by atoms with Gasteiger partial charge in [0.1, 0.15) is 16.2 Å². The first-order chi connectivity index (χ1) is 13.3. The largest absolute Gasteiger partial charge is 0.384 e. The molecule has 8 heteroatoms. The van der Waals surface area contributed by atoms with Crippen LogP contribution in [-0.4, -0.2) is 23.0 Å². The van der Waals surface area contributed by atoms with Crippen LogP contribution in [0, 0.1) is 5.92 Å². The second kappa shape index (κ2) is 6.76. The van der Waals surface area contributed by atoms with E-state index in [0.29, 0.717) is 28.2 Å². The van der Waals surface area contributed by atoms with E-state index in [1.165, 1.54) is 12.1 Å². The van der Waals surface area contributed by atoms with Crippen LogP contribution in [0.4, 0.5) is 5.82 Å². The number of anilines is 1. The molecule has 0 saturated heterocycles. The summed E-state index contributed by atoms with van der Waals surface area (Å²) in [5, 5.41) is 0.335. The van der Waals surface area contributed by atoms with Gasteiger partial charge in [-0.2, -0.15) is 0 Å². The van der Waals surface area contributed by atoms with E-state index in [1.807, 2.05) is 32.0 Å². The Kier molecular flexibility index (Phi) is 4.51. The lowest BCUT2D eigenvalue weighted by atomic mass is 10.2. The third-order valence-electron chi connectivity index (χ3n) is 4.47. The smallest absolute Gasteiger partial charge is 0.212 e. The Morgan fingerprint density at radius 2 is 1.75 bits per heavy atom. The molecular weight excluding hydrogens is 396 g/mol. The van der Waals surface area contributed by atoms with E-state index in [4.69, 9.17) is 17.3 Å². The molecule has 0 amide bonds. The van der Waals surface area contributed by atoms with Gasteiger partial charge in [-0.1, -0.05) is 43.6 Å². The number of nitrogens with zero attached hydrogens (tertiary/aromatic N) is 3. The van der Waals surface area contributed by atoms with Crippen molar-refractivity contribution in [2.24, 2.45) is 5.92 Å². The third-order valence-corrected chi connectivity index (χ3v) is 6.52. The number of para-hydroxylation sites is 2. The van der Waals surface area contributed by atoms with Gasteiger partial charge in [0.25, 0.3) is 0 Å². The Bertz CT molecular complexity index is 1310. The summed E-state index contributed by atoms with van der Waals surface area (Å²) < 4.78 is 28.6. The zero-order chi connectivity index (χ0) is 20.1. The fourth-order valence-electron chi connectivity index (χ4n) is 3.26. The highest BCUT2D eigenvalue weighted by molar-refractivity contribution is 7.92. The highest BCUT2D eigenvalue weighted by atomic mass is 35.5. The Hall–Kier alpha value is -2.64. The van der Waals surface area contributed by atoms with E-state index in [2.05, 4.69) is 9.97 Å². The maximum atomic E-state index is 13.4. The number of nitrogens with two attached hydrogens (primary N) is 1. The average molecular weight is 415 g/mol. The molecule has 28 heavy (non-hydrogen) atoms. The molecule has 2 aromatic carbocycles. The lowest BCUT2D eigenvalue weighted by Crippen LogP contribution is -2.10. The summed E-state index contributed by atoms with van der Waals surface area (Å²) in [6.07, 6.45) is 0. The number of sulfone groups is 1. The quantitative estimate of drug-likeness (QED) is 0.537. The minimum Gasteiger partial charge on any atom is -0.384 e. The van der Waals surface area contributed by atoms with Crippen molar-refractivity contribution < 1.29 is 8.42 Å². The molecule has 2 N–H and O–H groups in total. The normalized spacial score (nSPS) is 12.3. The molecule has 0 saturated carbocycles. The van der Waals surface area contributed by atoms with Crippen molar-refractivity contribution >= 4 is 49.5 Å². The van der Waals surface area contributed by atoms with Gasteiger partial charge in [-0.3, -0.25) is 0 Å². The number of nitrogen functional groups attached to an aromatic ring is 1. The van der Waals surface area contributed by atoms with E-state index in [-0.39, 0.29) is 27.0 Å². The number of fused-ring (bicyclic) bond motifs is 2. The van der Waals surface area contributed by atoms with Crippen LogP contribution in [0.15, 0.2) is 58.3 Å². The van der Waals surface area contributed by atoms with E-state index < -0.39 is 9.84 Å². The number of hydrogen-bond acceptors (Lipinski definition) is 5. The molecule has 0 atom stereocenters. The summed E-state index contributed by atoms with van der Waals surface area (Å²) in [5.41, 5.74) is 8.39. The van der Waals surface area contributed by atoms with Gasteiger partial charge in [-0.05, 0) is 36.2 Å². The van der Waals surface area contributed by atoms with E-state index in [9.17, 15) is 8.42 Å². The van der Waals surface area contributed by atoms with Gasteiger partial charge in [0.15, 0.2) is 5.65 Å². The van der Waals surface area contributed by atoms with E-state index in [0.717, 1.165) is 0 Å². The van der Waals surface area contributed by atoms with Crippen molar-refractivity contribution in [3.8, 4) is 0 Å². The van der Waals surface area contributed by atoms with Crippen molar-refractivity contribution in [3.63, 3.8) is 0 Å². The summed E-state index contributed by atoms with van der Waals surface area (Å²) in [7, 11) is -3.94. The zero-order valence-corrected chi connectivity index (χ0v) is 17.0. The number of hydrogen-bond donors (Lipinski definition) is 1. The maximum Gasteiger partial charge on any atom is 0.212 e. The molecule has 0 fully saturated rings. The molecule has 0 unspecified atom stereocenters. The van der Waals surface area contributed by atoms with Gasteiger partial charge in [0.2, 0.25) is 9.84 Å². The number of rotatable bonds is 4. The minimum absolute atomic E-state index is 0.0244. The van der Waals surface area contributed by atoms with Crippen molar-refractivity contribution in [2.75, 3.05) is 5.73 Å². The molecule has 0 aliphatic rings. The molecule has 2 aromatic heterocycles. The standard InChI is InChI=1S/C20H19ClN4O2S/c1-12(2)11-25-19(22)18(28(26,27)14-7-5-6-13(21)10-14)17-20(25)24-16-9-4-3-8-15(16)23-17/h3-10,12H,11,22H2,1-2H3. The molecule has 6 nitrogen and oxygen atoms in total. The first kappa shape index (κ1) is 18.7. The summed E-state index contributed by atoms with van der Waals surface area (Å²) in [5.74, 6) is 0.381. The van der Waals surface area contributed by atoms with Gasteiger partial charge in [0, 0.05) is 11.6 Å². The molecule has 4 rings (SSSR count). The fraction of sp³-hybridized carbons (Fsp3) is 0.200. The van der Waals surface area contributed by atoms with Crippen LogP contribution in [-0.2, 0) is 16.4 Å². The van der Waals surface area contributed by atoms with Crippen LogP contribution < -0.4 is 5.73 Å². The van der Waals surface area contributed by atoms with Crippen LogP contribution in [0.25, 0.3) is 22.2 Å². The second-order valence-electron chi connectivity index (χ2n) is 7.06.